The summed E-state index contributed by atoms with van der Waals surface area (Å²) in [7, 11) is 1.56. The van der Waals surface area contributed by atoms with E-state index in [9.17, 15) is 23.8 Å². The van der Waals surface area contributed by atoms with Crippen LogP contribution in [0.4, 0.5) is 8.78 Å². The van der Waals surface area contributed by atoms with E-state index >= 15 is 0 Å². The molecule has 33 heavy (non-hydrogen) atoms. The average molecular weight is 456 g/mol. The quantitative estimate of drug-likeness (QED) is 0.423. The zero-order chi connectivity index (χ0) is 24.0. The molecule has 10 heteroatoms. The van der Waals surface area contributed by atoms with E-state index in [1.807, 2.05) is 0 Å². The van der Waals surface area contributed by atoms with Crippen LogP contribution in [-0.4, -0.2) is 53.7 Å². The zero-order valence-electron chi connectivity index (χ0n) is 17.6. The third-order valence-corrected chi connectivity index (χ3v) is 4.88. The number of carboxylic acids is 1. The van der Waals surface area contributed by atoms with Gasteiger partial charge in [0.1, 0.15) is 11.6 Å². The third-order valence-electron chi connectivity index (χ3n) is 4.88. The molecule has 2 aromatic carbocycles. The molecule has 2 unspecified atom stereocenters. The molecule has 8 nitrogen and oxygen atoms in total. The number of allylic oxidation sites excluding steroid dienone is 2. The van der Waals surface area contributed by atoms with Gasteiger partial charge in [0, 0.05) is 19.0 Å². The van der Waals surface area contributed by atoms with Crippen molar-refractivity contribution >= 4 is 17.1 Å². The van der Waals surface area contributed by atoms with Gasteiger partial charge in [-0.1, -0.05) is 36.4 Å². The minimum absolute atomic E-state index is 0.207. The summed E-state index contributed by atoms with van der Waals surface area (Å²) in [6, 6.07) is 11.4. The highest BCUT2D eigenvalue weighted by molar-refractivity contribution is 5.82. The van der Waals surface area contributed by atoms with Crippen molar-refractivity contribution in [1.82, 2.24) is 20.2 Å². The normalized spacial score (nSPS) is 13.4. The molecule has 0 saturated carbocycles. The molecular weight excluding hydrogens is 434 g/mol. The Balaban J connectivity index is 2.07. The van der Waals surface area contributed by atoms with Crippen molar-refractivity contribution in [1.29, 1.82) is 0 Å². The molecule has 0 aliphatic heterocycles. The van der Waals surface area contributed by atoms with Gasteiger partial charge in [-0.05, 0) is 51.4 Å². The number of carbonyl (C=O) groups is 1. The van der Waals surface area contributed by atoms with Crippen LogP contribution in [0.15, 0.2) is 60.7 Å². The number of aliphatic carboxylic acids is 1. The number of benzene rings is 2. The molecule has 0 bridgehead atoms. The summed E-state index contributed by atoms with van der Waals surface area (Å²) < 4.78 is 28.2. The monoisotopic (exact) mass is 456 g/mol. The van der Waals surface area contributed by atoms with Gasteiger partial charge in [-0.3, -0.25) is 4.79 Å². The molecule has 172 valence electrons. The largest absolute Gasteiger partial charge is 0.481 e. The first kappa shape index (κ1) is 23.9. The van der Waals surface area contributed by atoms with Crippen LogP contribution in [-0.2, 0) is 11.8 Å². The van der Waals surface area contributed by atoms with Gasteiger partial charge in [0.25, 0.3) is 0 Å². The molecular formula is C23H22F2N4O4. The maximum Gasteiger partial charge on any atom is 0.305 e. The van der Waals surface area contributed by atoms with Gasteiger partial charge in [-0.25, -0.2) is 13.5 Å². The SMILES string of the molecule is Cn1nnnc1/C(=C\C=C(c1ccc(F)cc1)c1ccc(F)cc1)C(O)CC(O)CC(=O)O. The van der Waals surface area contributed by atoms with Crippen LogP contribution in [0.5, 0.6) is 0 Å². The Morgan fingerprint density at radius 2 is 1.55 bits per heavy atom. The fourth-order valence-corrected chi connectivity index (χ4v) is 3.27. The summed E-state index contributed by atoms with van der Waals surface area (Å²) in [6.45, 7) is 0. The molecule has 3 N–H and O–H groups in total. The van der Waals surface area contributed by atoms with Crippen LogP contribution >= 0.6 is 0 Å². The predicted octanol–water partition coefficient (Wildman–Crippen LogP) is 2.59. The number of hydrogen-bond acceptors (Lipinski definition) is 6. The minimum Gasteiger partial charge on any atom is -0.481 e. The maximum atomic E-state index is 13.5. The van der Waals surface area contributed by atoms with Gasteiger partial charge in [0.05, 0.1) is 18.6 Å². The van der Waals surface area contributed by atoms with Crippen molar-refractivity contribution in [3.63, 3.8) is 0 Å². The van der Waals surface area contributed by atoms with Gasteiger partial charge < -0.3 is 15.3 Å². The Labute approximate surface area is 188 Å². The predicted molar refractivity (Wildman–Crippen MR) is 116 cm³/mol. The second-order valence-corrected chi connectivity index (χ2v) is 7.35. The number of rotatable bonds is 9. The van der Waals surface area contributed by atoms with E-state index in [0.29, 0.717) is 16.7 Å². The van der Waals surface area contributed by atoms with E-state index in [4.69, 9.17) is 5.11 Å². The first-order valence-corrected chi connectivity index (χ1v) is 9.99. The van der Waals surface area contributed by atoms with E-state index in [0.717, 1.165) is 0 Å². The van der Waals surface area contributed by atoms with Crippen LogP contribution in [0.25, 0.3) is 11.1 Å². The summed E-state index contributed by atoms with van der Waals surface area (Å²) in [4.78, 5) is 10.9. The van der Waals surface area contributed by atoms with Crippen molar-refractivity contribution in [2.45, 2.75) is 25.0 Å². The lowest BCUT2D eigenvalue weighted by Crippen LogP contribution is -2.22. The average Bonchev–Trinajstić information content (AvgIpc) is 3.18. The highest BCUT2D eigenvalue weighted by atomic mass is 19.1. The summed E-state index contributed by atoms with van der Waals surface area (Å²) in [5.41, 5.74) is 2.10. The molecule has 0 spiro atoms. The molecule has 0 aliphatic rings. The Morgan fingerprint density at radius 3 is 2.00 bits per heavy atom. The minimum atomic E-state index is -1.29. The molecule has 0 radical (unpaired) electrons. The lowest BCUT2D eigenvalue weighted by Gasteiger charge is -2.17. The fourth-order valence-electron chi connectivity index (χ4n) is 3.27. The van der Waals surface area contributed by atoms with Crippen molar-refractivity contribution in [3.05, 3.63) is 89.3 Å². The zero-order valence-corrected chi connectivity index (χ0v) is 17.6. The van der Waals surface area contributed by atoms with Gasteiger partial charge in [-0.2, -0.15) is 0 Å². The summed E-state index contributed by atoms with van der Waals surface area (Å²) >= 11 is 0. The first-order valence-electron chi connectivity index (χ1n) is 9.99. The number of hydrogen-bond donors (Lipinski definition) is 3. The van der Waals surface area contributed by atoms with Crippen LogP contribution in [0.1, 0.15) is 29.8 Å². The number of halogens is 2. The molecule has 1 heterocycles. The molecule has 3 aromatic rings. The lowest BCUT2D eigenvalue weighted by molar-refractivity contribution is -0.139. The number of aromatic nitrogens is 4. The molecule has 0 saturated heterocycles. The number of aliphatic hydroxyl groups is 2. The van der Waals surface area contributed by atoms with E-state index < -0.39 is 36.2 Å². The van der Waals surface area contributed by atoms with Gasteiger partial charge in [0.15, 0.2) is 5.82 Å². The summed E-state index contributed by atoms with van der Waals surface area (Å²) in [5, 5.41) is 40.8. The molecule has 3 rings (SSSR count). The third kappa shape index (κ3) is 6.37. The molecule has 0 fully saturated rings. The van der Waals surface area contributed by atoms with Crippen LogP contribution in [0.3, 0.4) is 0 Å². The summed E-state index contributed by atoms with van der Waals surface area (Å²) in [6.07, 6.45) is -0.208. The van der Waals surface area contributed by atoms with Gasteiger partial charge in [-0.15, -0.1) is 5.10 Å². The topological polar surface area (TPSA) is 121 Å². The Kier molecular flexibility index (Phi) is 7.75. The number of aryl methyl sites for hydroxylation is 1. The van der Waals surface area contributed by atoms with Crippen LogP contribution < -0.4 is 0 Å². The second-order valence-electron chi connectivity index (χ2n) is 7.35. The van der Waals surface area contributed by atoms with E-state index in [1.165, 1.54) is 35.0 Å². The Hall–Kier alpha value is -3.76. The smallest absolute Gasteiger partial charge is 0.305 e. The van der Waals surface area contributed by atoms with Crippen molar-refractivity contribution in [2.24, 2.45) is 7.05 Å². The molecule has 2 atom stereocenters. The van der Waals surface area contributed by atoms with Crippen molar-refractivity contribution in [3.8, 4) is 0 Å². The van der Waals surface area contributed by atoms with E-state index in [-0.39, 0.29) is 17.8 Å². The number of tetrazole rings is 1. The Bertz CT molecular complexity index is 1110. The Morgan fingerprint density at radius 1 is 1.00 bits per heavy atom. The first-order chi connectivity index (χ1) is 15.7. The van der Waals surface area contributed by atoms with Crippen molar-refractivity contribution < 1.29 is 28.9 Å². The van der Waals surface area contributed by atoms with Crippen LogP contribution in [0.2, 0.25) is 0 Å². The molecule has 0 aliphatic carbocycles. The number of aliphatic hydroxyl groups excluding tert-OH is 2. The van der Waals surface area contributed by atoms with E-state index in [2.05, 4.69) is 15.5 Å². The van der Waals surface area contributed by atoms with Gasteiger partial charge >= 0.3 is 5.97 Å². The van der Waals surface area contributed by atoms with Gasteiger partial charge in [0.2, 0.25) is 0 Å². The van der Waals surface area contributed by atoms with Crippen LogP contribution in [0, 0.1) is 11.6 Å². The highest BCUT2D eigenvalue weighted by Crippen LogP contribution is 2.27. The van der Waals surface area contributed by atoms with Crippen molar-refractivity contribution in [2.75, 3.05) is 0 Å². The maximum absolute atomic E-state index is 13.5. The summed E-state index contributed by atoms with van der Waals surface area (Å²) in [5.74, 6) is -1.82. The highest BCUT2D eigenvalue weighted by Gasteiger charge is 2.22. The molecule has 1 aromatic heterocycles. The lowest BCUT2D eigenvalue weighted by atomic mass is 9.95. The fraction of sp³-hybridized carbons (Fsp3) is 0.217. The standard InChI is InChI=1S/C23H22F2N4O4/c1-29-23(26-27-28-29)20(21(31)12-18(30)13-22(32)33)11-10-19(14-2-6-16(24)7-3-14)15-4-8-17(25)9-5-15/h2-11,18,21,30-31H,12-13H2,1H3,(H,32,33)/b20-11-. The second kappa shape index (κ2) is 10.7. The van der Waals surface area contributed by atoms with E-state index in [1.54, 1.807) is 37.4 Å². The number of nitrogens with zero attached hydrogens (tertiary/aromatic N) is 4. The molecule has 0 amide bonds. The number of carboxylic acid groups (broad SMARTS) is 1.